The summed E-state index contributed by atoms with van der Waals surface area (Å²) in [4.78, 5) is 28.4. The minimum Gasteiger partial charge on any atom is -0.497 e. The number of benzene rings is 3. The van der Waals surface area contributed by atoms with Gasteiger partial charge >= 0.3 is 0 Å². The van der Waals surface area contributed by atoms with E-state index in [-0.39, 0.29) is 5.70 Å². The molecule has 0 saturated heterocycles. The molecular weight excluding hydrogens is 424 g/mol. The number of anilines is 2. The van der Waals surface area contributed by atoms with Gasteiger partial charge in [-0.3, -0.25) is 9.59 Å². The highest BCUT2D eigenvalue weighted by Crippen LogP contribution is 2.37. The van der Waals surface area contributed by atoms with Gasteiger partial charge in [0.05, 0.1) is 18.4 Å². The third kappa shape index (κ3) is 3.87. The van der Waals surface area contributed by atoms with Crippen LogP contribution in [0.4, 0.5) is 11.4 Å². The second-order valence-corrected chi connectivity index (χ2v) is 8.22. The van der Waals surface area contributed by atoms with Crippen molar-refractivity contribution in [2.45, 2.75) is 20.8 Å². The van der Waals surface area contributed by atoms with E-state index in [0.717, 1.165) is 16.8 Å². The van der Waals surface area contributed by atoms with Crippen LogP contribution in [-0.4, -0.2) is 18.9 Å². The lowest BCUT2D eigenvalue weighted by Gasteiger charge is -2.18. The van der Waals surface area contributed by atoms with Crippen molar-refractivity contribution < 1.29 is 14.3 Å². The molecule has 4 rings (SSSR count). The Bertz CT molecular complexity index is 1240. The zero-order chi connectivity index (χ0) is 23.0. The van der Waals surface area contributed by atoms with E-state index < -0.39 is 11.8 Å². The molecule has 3 aromatic rings. The molecule has 5 nitrogen and oxygen atoms in total. The van der Waals surface area contributed by atoms with Gasteiger partial charge in [-0.1, -0.05) is 35.9 Å². The number of halogens is 1. The van der Waals surface area contributed by atoms with Crippen LogP contribution in [0.15, 0.2) is 66.4 Å². The molecule has 0 fully saturated rings. The number of imide groups is 1. The Balaban J connectivity index is 1.86. The van der Waals surface area contributed by atoms with Gasteiger partial charge in [0.15, 0.2) is 0 Å². The lowest BCUT2D eigenvalue weighted by molar-refractivity contribution is -0.120. The van der Waals surface area contributed by atoms with E-state index in [1.807, 2.05) is 32.0 Å². The van der Waals surface area contributed by atoms with Crippen LogP contribution in [0.2, 0.25) is 5.02 Å². The summed E-state index contributed by atoms with van der Waals surface area (Å²) in [5.74, 6) is -0.166. The molecule has 3 aromatic carbocycles. The predicted octanol–water partition coefficient (Wildman–Crippen LogP) is 5.67. The maximum atomic E-state index is 13.6. The van der Waals surface area contributed by atoms with E-state index in [0.29, 0.717) is 33.2 Å². The highest BCUT2D eigenvalue weighted by atomic mass is 35.5. The number of hydrogen-bond donors (Lipinski definition) is 1. The van der Waals surface area contributed by atoms with Crippen molar-refractivity contribution in [1.29, 1.82) is 0 Å². The molecule has 2 amide bonds. The van der Waals surface area contributed by atoms with Crippen LogP contribution in [-0.2, 0) is 9.59 Å². The minimum atomic E-state index is -0.426. The fourth-order valence-corrected chi connectivity index (χ4v) is 4.09. The number of amides is 2. The number of nitrogens with zero attached hydrogens (tertiary/aromatic N) is 1. The van der Waals surface area contributed by atoms with Gasteiger partial charge in [-0.05, 0) is 79.4 Å². The number of carbonyl (C=O) groups is 2. The number of methoxy groups -OCH3 is 1. The average molecular weight is 447 g/mol. The smallest absolute Gasteiger partial charge is 0.282 e. The molecule has 0 unspecified atom stereocenters. The van der Waals surface area contributed by atoms with Crippen molar-refractivity contribution in [1.82, 2.24) is 0 Å². The standard InChI is InChI=1S/C26H23ClN2O3/c1-15-12-16(2)14-19(13-15)28-24-23(18-8-10-20(32-4)11-9-18)25(30)29(26(24)31)22-7-5-6-21(27)17(22)3/h5-14,28H,1-4H3. The van der Waals surface area contributed by atoms with Gasteiger partial charge in [0.25, 0.3) is 11.8 Å². The maximum absolute atomic E-state index is 13.6. The van der Waals surface area contributed by atoms with E-state index in [4.69, 9.17) is 16.3 Å². The summed E-state index contributed by atoms with van der Waals surface area (Å²) in [7, 11) is 1.58. The molecule has 162 valence electrons. The van der Waals surface area contributed by atoms with Crippen LogP contribution in [0.5, 0.6) is 5.75 Å². The summed E-state index contributed by atoms with van der Waals surface area (Å²) < 4.78 is 5.24. The number of rotatable bonds is 5. The monoisotopic (exact) mass is 446 g/mol. The molecule has 32 heavy (non-hydrogen) atoms. The first kappa shape index (κ1) is 21.7. The third-order valence-corrected chi connectivity index (χ3v) is 5.84. The Morgan fingerprint density at radius 2 is 1.53 bits per heavy atom. The van der Waals surface area contributed by atoms with Gasteiger partial charge in [0, 0.05) is 10.7 Å². The Labute approximate surface area is 192 Å². The predicted molar refractivity (Wildman–Crippen MR) is 128 cm³/mol. The summed E-state index contributed by atoms with van der Waals surface area (Å²) in [5, 5.41) is 3.71. The largest absolute Gasteiger partial charge is 0.497 e. The molecule has 1 heterocycles. The van der Waals surface area contributed by atoms with E-state index >= 15 is 0 Å². The third-order valence-electron chi connectivity index (χ3n) is 5.43. The highest BCUT2D eigenvalue weighted by molar-refractivity contribution is 6.46. The Hall–Kier alpha value is -3.57. The molecule has 0 aliphatic carbocycles. The van der Waals surface area contributed by atoms with Gasteiger partial charge in [-0.25, -0.2) is 4.90 Å². The molecular formula is C26H23ClN2O3. The van der Waals surface area contributed by atoms with Crippen molar-refractivity contribution >= 4 is 40.4 Å². The second kappa shape index (κ2) is 8.52. The quantitative estimate of drug-likeness (QED) is 0.513. The molecule has 1 N–H and O–H groups in total. The van der Waals surface area contributed by atoms with Crippen molar-refractivity contribution in [2.75, 3.05) is 17.3 Å². The lowest BCUT2D eigenvalue weighted by atomic mass is 10.0. The van der Waals surface area contributed by atoms with Crippen LogP contribution in [0.1, 0.15) is 22.3 Å². The number of hydrogen-bond acceptors (Lipinski definition) is 4. The zero-order valence-corrected chi connectivity index (χ0v) is 19.1. The molecule has 6 heteroatoms. The number of aryl methyl sites for hydroxylation is 2. The van der Waals surface area contributed by atoms with Crippen LogP contribution in [0.3, 0.4) is 0 Å². The van der Waals surface area contributed by atoms with Crippen molar-refractivity contribution in [3.63, 3.8) is 0 Å². The molecule has 0 radical (unpaired) electrons. The van der Waals surface area contributed by atoms with Crippen LogP contribution >= 0.6 is 11.6 Å². The number of ether oxygens (including phenoxy) is 1. The fourth-order valence-electron chi connectivity index (χ4n) is 3.92. The van der Waals surface area contributed by atoms with Crippen LogP contribution in [0, 0.1) is 20.8 Å². The summed E-state index contributed by atoms with van der Waals surface area (Å²) in [6.45, 7) is 5.76. The molecule has 0 atom stereocenters. The highest BCUT2D eigenvalue weighted by Gasteiger charge is 2.41. The maximum Gasteiger partial charge on any atom is 0.282 e. The number of nitrogens with one attached hydrogen (secondary N) is 1. The van der Waals surface area contributed by atoms with E-state index in [2.05, 4.69) is 5.32 Å². The first-order valence-electron chi connectivity index (χ1n) is 10.2. The second-order valence-electron chi connectivity index (χ2n) is 7.81. The molecule has 1 aliphatic heterocycles. The summed E-state index contributed by atoms with van der Waals surface area (Å²) >= 11 is 6.28. The van der Waals surface area contributed by atoms with Crippen molar-refractivity contribution in [3.8, 4) is 5.75 Å². The Morgan fingerprint density at radius 3 is 2.16 bits per heavy atom. The summed E-state index contributed by atoms with van der Waals surface area (Å²) in [5.41, 5.74) is 5.14. The van der Waals surface area contributed by atoms with Gasteiger partial charge in [-0.15, -0.1) is 0 Å². The summed E-state index contributed by atoms with van der Waals surface area (Å²) in [6, 6.07) is 18.2. The van der Waals surface area contributed by atoms with Gasteiger partial charge < -0.3 is 10.1 Å². The van der Waals surface area contributed by atoms with Crippen molar-refractivity contribution in [3.05, 3.63) is 93.6 Å². The topological polar surface area (TPSA) is 58.6 Å². The molecule has 0 spiro atoms. The molecule has 1 aliphatic rings. The summed E-state index contributed by atoms with van der Waals surface area (Å²) in [6.07, 6.45) is 0. The Kier molecular flexibility index (Phi) is 5.76. The Morgan fingerprint density at radius 1 is 0.875 bits per heavy atom. The van der Waals surface area contributed by atoms with Gasteiger partial charge in [0.2, 0.25) is 0 Å². The first-order valence-corrected chi connectivity index (χ1v) is 10.6. The van der Waals surface area contributed by atoms with Crippen LogP contribution in [0.25, 0.3) is 5.57 Å². The normalized spacial score (nSPS) is 13.7. The average Bonchev–Trinajstić information content (AvgIpc) is 2.99. The fraction of sp³-hybridized carbons (Fsp3) is 0.154. The molecule has 0 saturated carbocycles. The van der Waals surface area contributed by atoms with Crippen molar-refractivity contribution in [2.24, 2.45) is 0 Å². The lowest BCUT2D eigenvalue weighted by Crippen LogP contribution is -2.33. The van der Waals surface area contributed by atoms with E-state index in [1.54, 1.807) is 56.5 Å². The van der Waals surface area contributed by atoms with Gasteiger partial charge in [0.1, 0.15) is 11.4 Å². The number of carbonyl (C=O) groups excluding carboxylic acids is 2. The van der Waals surface area contributed by atoms with Crippen LogP contribution < -0.4 is 15.0 Å². The van der Waals surface area contributed by atoms with E-state index in [1.165, 1.54) is 4.90 Å². The minimum absolute atomic E-state index is 0.226. The van der Waals surface area contributed by atoms with E-state index in [9.17, 15) is 9.59 Å². The SMILES string of the molecule is COc1ccc(C2=C(Nc3cc(C)cc(C)c3)C(=O)N(c3cccc(Cl)c3C)C2=O)cc1. The first-order chi connectivity index (χ1) is 15.3. The molecule has 0 aromatic heterocycles. The van der Waals surface area contributed by atoms with Gasteiger partial charge in [-0.2, -0.15) is 0 Å². The molecule has 0 bridgehead atoms. The zero-order valence-electron chi connectivity index (χ0n) is 18.3.